The van der Waals surface area contributed by atoms with Gasteiger partial charge in [-0.25, -0.2) is 14.2 Å². The average Bonchev–Trinajstić information content (AvgIpc) is 3.41. The molecule has 248 valence electrons. The Kier molecular flexibility index (Phi) is 10.0. The molecule has 10 nitrogen and oxygen atoms in total. The minimum atomic E-state index is -0.932. The number of hydrogen-bond donors (Lipinski definition) is 0. The highest BCUT2D eigenvalue weighted by Gasteiger charge is 2.35. The number of aromatic nitrogens is 1. The van der Waals surface area contributed by atoms with Crippen molar-refractivity contribution in [1.29, 1.82) is 0 Å². The maximum atomic E-state index is 14.2. The van der Waals surface area contributed by atoms with Gasteiger partial charge in [-0.1, -0.05) is 53.8 Å². The highest BCUT2D eigenvalue weighted by atomic mass is 127. The number of carbonyl (C=O) groups excluding carboxylic acids is 1. The summed E-state index contributed by atoms with van der Waals surface area (Å²) in [5.74, 6) is -0.182. The molecule has 1 atom stereocenters. The number of halogens is 2. The zero-order valence-electron chi connectivity index (χ0n) is 26.1. The van der Waals surface area contributed by atoms with E-state index in [0.717, 1.165) is 16.9 Å². The summed E-state index contributed by atoms with van der Waals surface area (Å²) in [5, 5.41) is 11.0. The van der Waals surface area contributed by atoms with Gasteiger partial charge in [0.25, 0.3) is 11.2 Å². The van der Waals surface area contributed by atoms with Crippen LogP contribution in [0.4, 0.5) is 10.1 Å². The molecule has 0 bridgehead atoms. The Balaban J connectivity index is 1.45. The zero-order valence-corrected chi connectivity index (χ0v) is 29.1. The van der Waals surface area contributed by atoms with Crippen molar-refractivity contribution in [3.8, 4) is 11.5 Å². The summed E-state index contributed by atoms with van der Waals surface area (Å²) in [6.07, 6.45) is 1.71. The van der Waals surface area contributed by atoms with Gasteiger partial charge in [0.05, 0.1) is 44.1 Å². The van der Waals surface area contributed by atoms with Crippen molar-refractivity contribution < 1.29 is 28.3 Å². The minimum Gasteiger partial charge on any atom is -0.493 e. The molecule has 0 unspecified atom stereocenters. The van der Waals surface area contributed by atoms with Crippen molar-refractivity contribution in [3.63, 3.8) is 0 Å². The minimum absolute atomic E-state index is 0.0112. The van der Waals surface area contributed by atoms with Gasteiger partial charge < -0.3 is 14.2 Å². The molecule has 0 saturated carbocycles. The first-order valence-electron chi connectivity index (χ1n) is 15.0. The summed E-state index contributed by atoms with van der Waals surface area (Å²) in [4.78, 5) is 43.5. The Morgan fingerprint density at radius 2 is 1.80 bits per heavy atom. The molecule has 0 N–H and O–H groups in total. The molecule has 6 rings (SSSR count). The largest absolute Gasteiger partial charge is 0.493 e. The third-order valence-electron chi connectivity index (χ3n) is 7.64. The van der Waals surface area contributed by atoms with Gasteiger partial charge in [0, 0.05) is 17.7 Å². The molecule has 4 aromatic carbocycles. The first-order chi connectivity index (χ1) is 23.7. The summed E-state index contributed by atoms with van der Waals surface area (Å²) >= 11 is 3.28. The second-order valence-corrected chi connectivity index (χ2v) is 12.9. The summed E-state index contributed by atoms with van der Waals surface area (Å²) < 4.78 is 33.7. The number of carbonyl (C=O) groups is 1. The Morgan fingerprint density at radius 3 is 2.45 bits per heavy atom. The van der Waals surface area contributed by atoms with E-state index in [0.29, 0.717) is 46.8 Å². The molecule has 5 aromatic rings. The number of methoxy groups -OCH3 is 1. The molecule has 0 amide bonds. The smallest absolute Gasteiger partial charge is 0.338 e. The number of esters is 1. The molecule has 13 heteroatoms. The summed E-state index contributed by atoms with van der Waals surface area (Å²) in [7, 11) is 1.51. The molecule has 0 fully saturated rings. The summed E-state index contributed by atoms with van der Waals surface area (Å²) in [6, 6.07) is 23.6. The van der Waals surface area contributed by atoms with E-state index < -0.39 is 22.8 Å². The van der Waals surface area contributed by atoms with E-state index in [1.807, 2.05) is 36.4 Å². The van der Waals surface area contributed by atoms with Crippen LogP contribution in [0.15, 0.2) is 106 Å². The normalized spacial score (nSPS) is 14.2. The predicted molar refractivity (Wildman–Crippen MR) is 191 cm³/mol. The average molecular weight is 792 g/mol. The molecular formula is C36H27FIN3O7S. The van der Waals surface area contributed by atoms with Crippen LogP contribution in [0.5, 0.6) is 11.5 Å². The Labute approximate surface area is 296 Å². The fraction of sp³-hybridized carbons (Fsp3) is 0.139. The Morgan fingerprint density at radius 1 is 1.08 bits per heavy atom. The summed E-state index contributed by atoms with van der Waals surface area (Å²) in [5.41, 5.74) is 2.71. The van der Waals surface area contributed by atoms with Crippen molar-refractivity contribution in [1.82, 2.24) is 4.57 Å². The fourth-order valence-electron chi connectivity index (χ4n) is 5.38. The van der Waals surface area contributed by atoms with E-state index in [1.165, 1.54) is 35.9 Å². The SMILES string of the molecule is CCOC(=O)C1=C(c2ccccc2)N=c2s/c(=C\c3cc(I)c(OCc4ccc([N+](=O)[O-])cc4)c(OC)c3)c(=O)n2[C@H]1c1ccc(F)cc1. The van der Waals surface area contributed by atoms with Crippen LogP contribution in [-0.2, 0) is 16.1 Å². The van der Waals surface area contributed by atoms with E-state index in [9.17, 15) is 24.1 Å². The molecule has 0 aliphatic carbocycles. The first-order valence-corrected chi connectivity index (χ1v) is 16.9. The molecule has 49 heavy (non-hydrogen) atoms. The van der Waals surface area contributed by atoms with Crippen LogP contribution in [0.3, 0.4) is 0 Å². The lowest BCUT2D eigenvalue weighted by Crippen LogP contribution is -2.40. The second kappa shape index (κ2) is 14.5. The number of rotatable bonds is 10. The third kappa shape index (κ3) is 7.03. The molecule has 2 heterocycles. The molecule has 0 spiro atoms. The Hall–Kier alpha value is -5.15. The lowest BCUT2D eigenvalue weighted by Gasteiger charge is -2.25. The van der Waals surface area contributed by atoms with Gasteiger partial charge >= 0.3 is 5.97 Å². The molecule has 1 aliphatic rings. The van der Waals surface area contributed by atoms with E-state index in [4.69, 9.17) is 19.2 Å². The number of non-ortho nitro benzene ring substituents is 1. The van der Waals surface area contributed by atoms with E-state index in [-0.39, 0.29) is 30.0 Å². The zero-order chi connectivity index (χ0) is 34.7. The second-order valence-electron chi connectivity index (χ2n) is 10.7. The highest BCUT2D eigenvalue weighted by molar-refractivity contribution is 14.1. The quantitative estimate of drug-likeness (QED) is 0.0718. The number of ether oxygens (including phenoxy) is 3. The number of nitrogens with zero attached hydrogens (tertiary/aromatic N) is 3. The maximum absolute atomic E-state index is 14.2. The fourth-order valence-corrected chi connectivity index (χ4v) is 7.17. The monoisotopic (exact) mass is 791 g/mol. The van der Waals surface area contributed by atoms with E-state index >= 15 is 0 Å². The van der Waals surface area contributed by atoms with Gasteiger partial charge in [0.2, 0.25) is 0 Å². The van der Waals surface area contributed by atoms with Gasteiger partial charge in [-0.3, -0.25) is 19.5 Å². The summed E-state index contributed by atoms with van der Waals surface area (Å²) in [6.45, 7) is 1.96. The number of thiazole rings is 1. The van der Waals surface area contributed by atoms with Crippen LogP contribution >= 0.6 is 33.9 Å². The Bertz CT molecular complexity index is 2270. The van der Waals surface area contributed by atoms with Crippen molar-refractivity contribution in [2.75, 3.05) is 13.7 Å². The van der Waals surface area contributed by atoms with Crippen LogP contribution in [-0.4, -0.2) is 29.2 Å². The predicted octanol–water partition coefficient (Wildman–Crippen LogP) is 6.18. The number of hydrogen-bond acceptors (Lipinski definition) is 9. The molecule has 0 saturated heterocycles. The lowest BCUT2D eigenvalue weighted by molar-refractivity contribution is -0.384. The maximum Gasteiger partial charge on any atom is 0.338 e. The standard InChI is InChI=1S/C36H27FIN3O7S/c1-3-47-35(43)30-31(23-7-5-4-6-8-23)39-36-40(32(30)24-11-13-25(37)14-12-24)34(42)29(49-36)19-22-17-27(38)33(28(18-22)46-2)48-20-21-9-15-26(16-10-21)41(44)45/h4-19,32H,3,20H2,1-2H3/b29-19-/t32-/m0/s1. The van der Waals surface area contributed by atoms with Gasteiger partial charge in [0.15, 0.2) is 16.3 Å². The van der Waals surface area contributed by atoms with Crippen LogP contribution < -0.4 is 24.4 Å². The first kappa shape index (κ1) is 33.7. The van der Waals surface area contributed by atoms with Crippen LogP contribution in [0.25, 0.3) is 11.8 Å². The lowest BCUT2D eigenvalue weighted by atomic mass is 9.93. The van der Waals surface area contributed by atoms with E-state index in [2.05, 4.69) is 22.6 Å². The molecule has 1 aromatic heterocycles. The molecule has 0 radical (unpaired) electrons. The van der Waals surface area contributed by atoms with Crippen LogP contribution in [0.2, 0.25) is 0 Å². The van der Waals surface area contributed by atoms with Crippen LogP contribution in [0.1, 0.15) is 35.2 Å². The van der Waals surface area contributed by atoms with Gasteiger partial charge in [-0.15, -0.1) is 0 Å². The molecule has 1 aliphatic heterocycles. The number of benzene rings is 4. The van der Waals surface area contributed by atoms with E-state index in [1.54, 1.807) is 43.3 Å². The highest BCUT2D eigenvalue weighted by Crippen LogP contribution is 2.36. The number of nitro groups is 1. The topological polar surface area (TPSA) is 122 Å². The van der Waals surface area contributed by atoms with Crippen molar-refractivity contribution in [3.05, 3.63) is 158 Å². The number of fused-ring (bicyclic) bond motifs is 1. The third-order valence-corrected chi connectivity index (χ3v) is 9.42. The van der Waals surface area contributed by atoms with Crippen molar-refractivity contribution in [2.24, 2.45) is 4.99 Å². The van der Waals surface area contributed by atoms with Crippen LogP contribution in [0, 0.1) is 19.5 Å². The van der Waals surface area contributed by atoms with Crippen molar-refractivity contribution >= 4 is 57.4 Å². The van der Waals surface area contributed by atoms with Crippen molar-refractivity contribution in [2.45, 2.75) is 19.6 Å². The number of nitro benzene ring substituents is 1. The molecular weight excluding hydrogens is 764 g/mol. The van der Waals surface area contributed by atoms with Gasteiger partial charge in [-0.05, 0) is 88.7 Å². The van der Waals surface area contributed by atoms with Gasteiger partial charge in [0.1, 0.15) is 12.4 Å². The van der Waals surface area contributed by atoms with Gasteiger partial charge in [-0.2, -0.15) is 0 Å².